The zero-order valence-corrected chi connectivity index (χ0v) is 29.5. The van der Waals surface area contributed by atoms with Crippen LogP contribution in [0.2, 0.25) is 0 Å². The van der Waals surface area contributed by atoms with Gasteiger partial charge in [-0.05, 0) is 22.9 Å². The highest BCUT2D eigenvalue weighted by atomic mass is 33.1. The average molecular weight is 736 g/mol. The van der Waals surface area contributed by atoms with Gasteiger partial charge >= 0.3 is 5.97 Å². The molecule has 0 radical (unpaired) electrons. The molecule has 0 unspecified atom stereocenters. The number of ether oxygens (including phenoxy) is 8. The molecule has 0 spiro atoms. The SMILES string of the molecule is O=C(CCSSc1ccccn1)NCCOCCOCCOCCOCCOCCOCCOCCOCCC(=O)ON1C(=O)CCC1=O. The highest BCUT2D eigenvalue weighted by Crippen LogP contribution is 2.29. The molecule has 2 heterocycles. The Morgan fingerprint density at radius 1 is 0.653 bits per heavy atom. The van der Waals surface area contributed by atoms with E-state index >= 15 is 0 Å². The molecular weight excluding hydrogens is 686 g/mol. The van der Waals surface area contributed by atoms with Crippen molar-refractivity contribution in [2.24, 2.45) is 0 Å². The number of nitrogens with zero attached hydrogens (tertiary/aromatic N) is 2. The molecule has 0 bridgehead atoms. The monoisotopic (exact) mass is 735 g/mol. The molecule has 16 nitrogen and oxygen atoms in total. The summed E-state index contributed by atoms with van der Waals surface area (Å²) in [6, 6.07) is 5.75. The molecule has 0 atom stereocenters. The van der Waals surface area contributed by atoms with E-state index in [2.05, 4.69) is 10.3 Å². The van der Waals surface area contributed by atoms with Crippen molar-refractivity contribution in [1.82, 2.24) is 15.4 Å². The van der Waals surface area contributed by atoms with Crippen molar-refractivity contribution in [3.63, 3.8) is 0 Å². The standard InChI is InChI=1S/C31H49N3O13S2/c35-27(7-26-48-49-28-3-1-2-8-33-28)32-9-11-40-13-15-42-17-19-44-21-23-46-25-24-45-22-20-43-18-16-41-14-12-39-10-6-31(38)47-34-29(36)4-5-30(34)37/h1-3,8H,4-7,9-26H2,(H,32,35). The summed E-state index contributed by atoms with van der Waals surface area (Å²) < 4.78 is 43.4. The number of rotatable bonds is 33. The maximum absolute atomic E-state index is 11.8. The first-order chi connectivity index (χ1) is 24.1. The first kappa shape index (κ1) is 42.8. The maximum atomic E-state index is 11.8. The van der Waals surface area contributed by atoms with Gasteiger partial charge in [0.15, 0.2) is 0 Å². The van der Waals surface area contributed by atoms with E-state index in [-0.39, 0.29) is 38.4 Å². The van der Waals surface area contributed by atoms with Crippen LogP contribution in [0.25, 0.3) is 0 Å². The van der Waals surface area contributed by atoms with Crippen molar-refractivity contribution < 1.29 is 61.9 Å². The Morgan fingerprint density at radius 3 is 1.59 bits per heavy atom. The van der Waals surface area contributed by atoms with Crippen LogP contribution in [0.1, 0.15) is 25.7 Å². The van der Waals surface area contributed by atoms with E-state index in [1.165, 1.54) is 0 Å². The van der Waals surface area contributed by atoms with Crippen LogP contribution in [0.3, 0.4) is 0 Å². The third kappa shape index (κ3) is 24.4. The van der Waals surface area contributed by atoms with Gasteiger partial charge in [-0.2, -0.15) is 0 Å². The number of hydroxylamine groups is 2. The van der Waals surface area contributed by atoms with Gasteiger partial charge in [0.05, 0.1) is 112 Å². The molecule has 1 aliphatic rings. The van der Waals surface area contributed by atoms with Gasteiger partial charge in [0.1, 0.15) is 5.03 Å². The van der Waals surface area contributed by atoms with E-state index in [4.69, 9.17) is 42.7 Å². The zero-order chi connectivity index (χ0) is 35.0. The number of carbonyl (C=O) groups excluding carboxylic acids is 4. The second-order valence-electron chi connectivity index (χ2n) is 9.87. The fourth-order valence-electron chi connectivity index (χ4n) is 3.59. The summed E-state index contributed by atoms with van der Waals surface area (Å²) in [6.45, 7) is 6.94. The summed E-state index contributed by atoms with van der Waals surface area (Å²) >= 11 is 0. The Kier molecular flexibility index (Phi) is 26.6. The molecule has 0 saturated carbocycles. The molecule has 2 rings (SSSR count). The van der Waals surface area contributed by atoms with Gasteiger partial charge in [0.2, 0.25) is 5.91 Å². The highest BCUT2D eigenvalue weighted by Gasteiger charge is 2.32. The van der Waals surface area contributed by atoms with Crippen LogP contribution >= 0.6 is 21.6 Å². The number of amides is 3. The Morgan fingerprint density at radius 2 is 1.12 bits per heavy atom. The van der Waals surface area contributed by atoms with Gasteiger partial charge in [0.25, 0.3) is 11.8 Å². The smallest absolute Gasteiger partial charge is 0.335 e. The van der Waals surface area contributed by atoms with Gasteiger partial charge in [-0.3, -0.25) is 14.4 Å². The molecule has 18 heteroatoms. The first-order valence-corrected chi connectivity index (χ1v) is 18.5. The Hall–Kier alpha value is -2.39. The third-order valence-electron chi connectivity index (χ3n) is 6.02. The van der Waals surface area contributed by atoms with E-state index in [1.54, 1.807) is 27.8 Å². The van der Waals surface area contributed by atoms with Crippen LogP contribution in [0.4, 0.5) is 0 Å². The summed E-state index contributed by atoms with van der Waals surface area (Å²) in [4.78, 5) is 55.3. The Balaban J connectivity index is 1.18. The van der Waals surface area contributed by atoms with Crippen LogP contribution in [0, 0.1) is 0 Å². The van der Waals surface area contributed by atoms with Crippen molar-refractivity contribution in [3.8, 4) is 0 Å². The molecule has 3 amide bonds. The highest BCUT2D eigenvalue weighted by molar-refractivity contribution is 8.76. The topological polar surface area (TPSA) is 180 Å². The van der Waals surface area contributed by atoms with Crippen LogP contribution < -0.4 is 5.32 Å². The predicted octanol–water partition coefficient (Wildman–Crippen LogP) is 1.46. The van der Waals surface area contributed by atoms with Gasteiger partial charge in [0, 0.05) is 37.8 Å². The average Bonchev–Trinajstić information content (AvgIpc) is 3.42. The van der Waals surface area contributed by atoms with E-state index in [9.17, 15) is 19.2 Å². The molecule has 49 heavy (non-hydrogen) atoms. The molecular formula is C31H49N3O13S2. The molecule has 1 aromatic rings. The maximum Gasteiger partial charge on any atom is 0.335 e. The number of carbonyl (C=O) groups is 4. The number of nitrogens with one attached hydrogen (secondary N) is 1. The molecule has 278 valence electrons. The minimum absolute atomic E-state index is 0.00509. The van der Waals surface area contributed by atoms with Crippen molar-refractivity contribution in [2.75, 3.05) is 118 Å². The lowest BCUT2D eigenvalue weighted by molar-refractivity contribution is -0.198. The number of hydrogen-bond acceptors (Lipinski definition) is 16. The van der Waals surface area contributed by atoms with E-state index in [1.807, 2.05) is 18.2 Å². The third-order valence-corrected chi connectivity index (χ3v) is 8.28. The van der Waals surface area contributed by atoms with Gasteiger partial charge in [-0.15, -0.1) is 5.06 Å². The summed E-state index contributed by atoms with van der Waals surface area (Å²) in [6.07, 6.45) is 2.24. The fourth-order valence-corrected chi connectivity index (χ4v) is 5.45. The molecule has 1 aromatic heterocycles. The minimum Gasteiger partial charge on any atom is -0.378 e. The van der Waals surface area contributed by atoms with Crippen molar-refractivity contribution >= 4 is 45.3 Å². The van der Waals surface area contributed by atoms with Crippen LogP contribution in [0.15, 0.2) is 29.4 Å². The van der Waals surface area contributed by atoms with Crippen molar-refractivity contribution in [2.45, 2.75) is 30.7 Å². The largest absolute Gasteiger partial charge is 0.378 e. The van der Waals surface area contributed by atoms with Gasteiger partial charge in [-0.25, -0.2) is 9.78 Å². The minimum atomic E-state index is -0.701. The summed E-state index contributed by atoms with van der Waals surface area (Å²) in [5.41, 5.74) is 0. The fraction of sp³-hybridized carbons (Fsp3) is 0.710. The lowest BCUT2D eigenvalue weighted by atomic mass is 10.4. The number of imide groups is 1. The van der Waals surface area contributed by atoms with Crippen LogP contribution in [-0.2, 0) is 61.9 Å². The van der Waals surface area contributed by atoms with Crippen molar-refractivity contribution in [3.05, 3.63) is 24.4 Å². The summed E-state index contributed by atoms with van der Waals surface area (Å²) in [7, 11) is 3.17. The molecule has 1 saturated heterocycles. The lowest BCUT2D eigenvalue weighted by Crippen LogP contribution is -2.32. The van der Waals surface area contributed by atoms with E-state index in [0.29, 0.717) is 116 Å². The molecule has 0 aromatic carbocycles. The lowest BCUT2D eigenvalue weighted by Gasteiger charge is -2.12. The van der Waals surface area contributed by atoms with E-state index in [0.717, 1.165) is 5.03 Å². The van der Waals surface area contributed by atoms with Crippen molar-refractivity contribution in [1.29, 1.82) is 0 Å². The Bertz CT molecular complexity index is 1010. The number of pyridine rings is 1. The van der Waals surface area contributed by atoms with E-state index < -0.39 is 17.8 Å². The molecule has 1 fully saturated rings. The second-order valence-corrected chi connectivity index (χ2v) is 12.3. The van der Waals surface area contributed by atoms with Gasteiger partial charge < -0.3 is 48.0 Å². The molecule has 1 N–H and O–H groups in total. The molecule has 0 aliphatic carbocycles. The zero-order valence-electron chi connectivity index (χ0n) is 27.9. The molecule has 1 aliphatic heterocycles. The van der Waals surface area contributed by atoms with Crippen LogP contribution in [0.5, 0.6) is 0 Å². The Labute approximate surface area is 295 Å². The predicted molar refractivity (Wildman–Crippen MR) is 179 cm³/mol. The number of hydrogen-bond donors (Lipinski definition) is 1. The first-order valence-electron chi connectivity index (χ1n) is 16.2. The normalized spacial score (nSPS) is 12.9. The van der Waals surface area contributed by atoms with Gasteiger partial charge in [-0.1, -0.05) is 16.9 Å². The summed E-state index contributed by atoms with van der Waals surface area (Å²) in [5.74, 6) is -1.01. The van der Waals surface area contributed by atoms with Crippen LogP contribution in [-0.4, -0.2) is 152 Å². The second kappa shape index (κ2) is 30.4. The number of aromatic nitrogens is 1. The quantitative estimate of drug-likeness (QED) is 0.0622. The summed E-state index contributed by atoms with van der Waals surface area (Å²) in [5, 5.41) is 4.29.